The summed E-state index contributed by atoms with van der Waals surface area (Å²) in [6.45, 7) is 4.69. The third kappa shape index (κ3) is 3.60. The van der Waals surface area contributed by atoms with Gasteiger partial charge in [-0.25, -0.2) is 9.97 Å². The molecule has 0 saturated carbocycles. The van der Waals surface area contributed by atoms with Crippen LogP contribution in [-0.4, -0.2) is 55.0 Å². The molecule has 1 amide bonds. The molecular weight excluding hydrogens is 364 g/mol. The summed E-state index contributed by atoms with van der Waals surface area (Å²) < 4.78 is 0.676. The molecule has 0 aliphatic carbocycles. The number of β-amino-alcohol motifs (C(OH)–C–C–N with tert-alkyl or cyclic N) is 1. The molecule has 4 rings (SSSR count). The molecule has 1 fully saturated rings. The number of thiazole rings is 1. The number of hydrogen-bond acceptors (Lipinski definition) is 8. The Labute approximate surface area is 160 Å². The minimum Gasteiger partial charge on any atom is -0.391 e. The van der Waals surface area contributed by atoms with Crippen LogP contribution in [-0.2, 0) is 0 Å². The second-order valence-electron chi connectivity index (χ2n) is 6.60. The number of aromatic nitrogens is 4. The molecule has 3 aromatic heterocycles. The zero-order valence-electron chi connectivity index (χ0n) is 15.1. The lowest BCUT2D eigenvalue weighted by Gasteiger charge is -2.17. The molecule has 0 unspecified atom stereocenters. The highest BCUT2D eigenvalue weighted by Gasteiger charge is 2.29. The van der Waals surface area contributed by atoms with E-state index in [1.54, 1.807) is 11.1 Å². The van der Waals surface area contributed by atoms with Crippen molar-refractivity contribution in [2.45, 2.75) is 32.4 Å². The fourth-order valence-corrected chi connectivity index (χ4v) is 3.95. The lowest BCUT2D eigenvalue weighted by Crippen LogP contribution is -2.30. The summed E-state index contributed by atoms with van der Waals surface area (Å²) in [6.07, 6.45) is 1.84. The van der Waals surface area contributed by atoms with Crippen LogP contribution in [0, 0.1) is 6.92 Å². The third-order valence-electron chi connectivity index (χ3n) is 4.49. The van der Waals surface area contributed by atoms with Gasteiger partial charge in [0.05, 0.1) is 22.8 Å². The predicted molar refractivity (Wildman–Crippen MR) is 103 cm³/mol. The Morgan fingerprint density at radius 2 is 2.22 bits per heavy atom. The summed E-state index contributed by atoms with van der Waals surface area (Å²) in [6, 6.07) is 5.57. The van der Waals surface area contributed by atoms with Gasteiger partial charge in [-0.3, -0.25) is 9.78 Å². The molecule has 0 spiro atoms. The Morgan fingerprint density at radius 3 is 2.93 bits per heavy atom. The van der Waals surface area contributed by atoms with Crippen molar-refractivity contribution in [3.8, 4) is 0 Å². The molecule has 27 heavy (non-hydrogen) atoms. The van der Waals surface area contributed by atoms with Crippen molar-refractivity contribution in [2.75, 3.05) is 18.4 Å². The van der Waals surface area contributed by atoms with E-state index in [1.807, 2.05) is 32.0 Å². The van der Waals surface area contributed by atoms with Crippen LogP contribution in [0.2, 0.25) is 0 Å². The van der Waals surface area contributed by atoms with Gasteiger partial charge in [0.25, 0.3) is 5.91 Å². The second kappa shape index (κ2) is 7.16. The molecule has 0 bridgehead atoms. The van der Waals surface area contributed by atoms with Crippen LogP contribution < -0.4 is 5.32 Å². The SMILES string of the molecule is Cc1nc2nc(N[C@@H](C)c3ccccn3)nc(C(=O)N3CC[C@H](O)C3)c2s1. The van der Waals surface area contributed by atoms with Gasteiger partial charge in [0.1, 0.15) is 4.70 Å². The van der Waals surface area contributed by atoms with E-state index >= 15 is 0 Å². The van der Waals surface area contributed by atoms with Crippen LogP contribution in [0.4, 0.5) is 5.95 Å². The molecule has 9 heteroatoms. The van der Waals surface area contributed by atoms with Crippen molar-refractivity contribution < 1.29 is 9.90 Å². The average Bonchev–Trinajstić information content (AvgIpc) is 3.26. The monoisotopic (exact) mass is 384 g/mol. The lowest BCUT2D eigenvalue weighted by atomic mass is 10.2. The number of likely N-dealkylation sites (tertiary alicyclic amines) is 1. The highest BCUT2D eigenvalue weighted by molar-refractivity contribution is 7.18. The standard InChI is InChI=1S/C18H20N6O2S/c1-10(13-5-3-4-7-19-13)20-18-22-14(15-16(23-18)21-11(2)27-15)17(26)24-8-6-12(25)9-24/h3-5,7,10,12,25H,6,8-9H2,1-2H3,(H,20,22,23)/t10-,12-/m0/s1. The summed E-state index contributed by atoms with van der Waals surface area (Å²) >= 11 is 1.40. The maximum absolute atomic E-state index is 13.0. The first-order valence-corrected chi connectivity index (χ1v) is 9.63. The molecule has 1 aliphatic heterocycles. The van der Waals surface area contributed by atoms with Crippen LogP contribution in [0.25, 0.3) is 10.3 Å². The normalized spacial score (nSPS) is 18.0. The van der Waals surface area contributed by atoms with Crippen LogP contribution in [0.15, 0.2) is 24.4 Å². The first-order chi connectivity index (χ1) is 13.0. The van der Waals surface area contributed by atoms with Crippen LogP contribution in [0.3, 0.4) is 0 Å². The number of pyridine rings is 1. The molecule has 4 heterocycles. The number of carbonyl (C=O) groups excluding carboxylic acids is 1. The minimum atomic E-state index is -0.476. The number of amides is 1. The molecular formula is C18H20N6O2S. The van der Waals surface area contributed by atoms with Crippen LogP contribution in [0.5, 0.6) is 0 Å². The number of nitrogens with one attached hydrogen (secondary N) is 1. The number of nitrogens with zero attached hydrogens (tertiary/aromatic N) is 5. The van der Waals surface area contributed by atoms with E-state index in [9.17, 15) is 9.90 Å². The van der Waals surface area contributed by atoms with E-state index in [1.165, 1.54) is 11.3 Å². The molecule has 8 nitrogen and oxygen atoms in total. The smallest absolute Gasteiger partial charge is 0.274 e. The van der Waals surface area contributed by atoms with Crippen molar-refractivity contribution in [3.63, 3.8) is 0 Å². The Bertz CT molecular complexity index is 977. The average molecular weight is 384 g/mol. The molecule has 2 N–H and O–H groups in total. The summed E-state index contributed by atoms with van der Waals surface area (Å²) in [5.41, 5.74) is 1.69. The summed E-state index contributed by atoms with van der Waals surface area (Å²) in [5.74, 6) is 0.144. The lowest BCUT2D eigenvalue weighted by molar-refractivity contribution is 0.0761. The van der Waals surface area contributed by atoms with E-state index in [2.05, 4.69) is 25.3 Å². The summed E-state index contributed by atoms with van der Waals surface area (Å²) in [7, 11) is 0. The number of aliphatic hydroxyl groups is 1. The van der Waals surface area contributed by atoms with Gasteiger partial charge in [0.15, 0.2) is 11.3 Å². The quantitative estimate of drug-likeness (QED) is 0.710. The van der Waals surface area contributed by atoms with E-state index < -0.39 is 6.10 Å². The Hall–Kier alpha value is -2.65. The maximum atomic E-state index is 13.0. The van der Waals surface area contributed by atoms with E-state index in [0.29, 0.717) is 41.5 Å². The highest BCUT2D eigenvalue weighted by atomic mass is 32.1. The third-order valence-corrected chi connectivity index (χ3v) is 5.46. The number of anilines is 1. The Kier molecular flexibility index (Phi) is 4.71. The van der Waals surface area contributed by atoms with E-state index in [0.717, 1.165) is 10.7 Å². The Balaban J connectivity index is 1.69. The van der Waals surface area contributed by atoms with Crippen molar-refractivity contribution in [1.29, 1.82) is 0 Å². The van der Waals surface area contributed by atoms with Crippen LogP contribution >= 0.6 is 11.3 Å². The van der Waals surface area contributed by atoms with Crippen LogP contribution in [0.1, 0.15) is 40.6 Å². The number of rotatable bonds is 4. The summed E-state index contributed by atoms with van der Waals surface area (Å²) in [4.78, 5) is 32.4. The van der Waals surface area contributed by atoms with Crippen molar-refractivity contribution in [1.82, 2.24) is 24.8 Å². The molecule has 1 aliphatic rings. The molecule has 0 aromatic carbocycles. The maximum Gasteiger partial charge on any atom is 0.274 e. The van der Waals surface area contributed by atoms with E-state index in [-0.39, 0.29) is 11.9 Å². The van der Waals surface area contributed by atoms with Crippen molar-refractivity contribution in [3.05, 3.63) is 40.8 Å². The van der Waals surface area contributed by atoms with Gasteiger partial charge >= 0.3 is 0 Å². The fourth-order valence-electron chi connectivity index (χ4n) is 3.11. The van der Waals surface area contributed by atoms with Gasteiger partial charge < -0.3 is 15.3 Å². The Morgan fingerprint density at radius 1 is 1.37 bits per heavy atom. The van der Waals surface area contributed by atoms with Gasteiger partial charge in [-0.1, -0.05) is 6.07 Å². The van der Waals surface area contributed by atoms with Gasteiger partial charge in [0, 0.05) is 19.3 Å². The zero-order valence-corrected chi connectivity index (χ0v) is 15.9. The minimum absolute atomic E-state index is 0.125. The van der Waals surface area contributed by atoms with Gasteiger partial charge in [-0.2, -0.15) is 4.98 Å². The second-order valence-corrected chi connectivity index (χ2v) is 7.80. The highest BCUT2D eigenvalue weighted by Crippen LogP contribution is 2.27. The first kappa shape index (κ1) is 17.7. The molecule has 0 radical (unpaired) electrons. The predicted octanol–water partition coefficient (Wildman–Crippen LogP) is 2.17. The van der Waals surface area contributed by atoms with Crippen molar-refractivity contribution in [2.24, 2.45) is 0 Å². The molecule has 3 aromatic rings. The number of fused-ring (bicyclic) bond motifs is 1. The van der Waals surface area contributed by atoms with Gasteiger partial charge in [0.2, 0.25) is 5.95 Å². The van der Waals surface area contributed by atoms with Crippen molar-refractivity contribution >= 4 is 33.5 Å². The molecule has 1 saturated heterocycles. The van der Waals surface area contributed by atoms with Gasteiger partial charge in [-0.05, 0) is 32.4 Å². The largest absolute Gasteiger partial charge is 0.391 e. The zero-order chi connectivity index (χ0) is 19.0. The molecule has 2 atom stereocenters. The topological polar surface area (TPSA) is 104 Å². The first-order valence-electron chi connectivity index (χ1n) is 8.81. The summed E-state index contributed by atoms with van der Waals surface area (Å²) in [5, 5.41) is 13.8. The number of hydrogen-bond donors (Lipinski definition) is 2. The van der Waals surface area contributed by atoms with Gasteiger partial charge in [-0.15, -0.1) is 11.3 Å². The number of aryl methyl sites for hydroxylation is 1. The molecule has 140 valence electrons. The number of aliphatic hydroxyl groups excluding tert-OH is 1. The number of carbonyl (C=O) groups is 1. The fraction of sp³-hybridized carbons (Fsp3) is 0.389. The van der Waals surface area contributed by atoms with E-state index in [4.69, 9.17) is 0 Å².